The topological polar surface area (TPSA) is 120 Å². The van der Waals surface area contributed by atoms with Crippen molar-refractivity contribution in [3.05, 3.63) is 58.1 Å². The van der Waals surface area contributed by atoms with Gasteiger partial charge in [-0.15, -0.1) is 13.2 Å². The molecule has 0 aliphatic rings. The molecule has 30 heavy (non-hydrogen) atoms. The summed E-state index contributed by atoms with van der Waals surface area (Å²) in [6, 6.07) is 9.32. The number of anilines is 1. The van der Waals surface area contributed by atoms with Crippen molar-refractivity contribution in [1.82, 2.24) is 5.32 Å². The van der Waals surface area contributed by atoms with Gasteiger partial charge in [0.2, 0.25) is 5.75 Å². The first-order valence-corrected chi connectivity index (χ1v) is 8.35. The number of nitro groups is 1. The van der Waals surface area contributed by atoms with Gasteiger partial charge in [0, 0.05) is 18.3 Å². The van der Waals surface area contributed by atoms with Crippen molar-refractivity contribution in [2.45, 2.75) is 12.8 Å². The van der Waals surface area contributed by atoms with Crippen molar-refractivity contribution in [1.29, 1.82) is 0 Å². The maximum absolute atomic E-state index is 12.3. The van der Waals surface area contributed by atoms with Crippen LogP contribution in [0.25, 0.3) is 0 Å². The van der Waals surface area contributed by atoms with Gasteiger partial charge in [-0.1, -0.05) is 12.1 Å². The van der Waals surface area contributed by atoms with Crippen molar-refractivity contribution in [3.63, 3.8) is 0 Å². The van der Waals surface area contributed by atoms with Crippen LogP contribution in [-0.4, -0.2) is 36.8 Å². The second-order valence-corrected chi connectivity index (χ2v) is 5.80. The molecule has 2 aromatic rings. The van der Waals surface area contributed by atoms with E-state index in [1.165, 1.54) is 7.11 Å². The highest BCUT2D eigenvalue weighted by molar-refractivity contribution is 6.39. The predicted octanol–water partition coefficient (Wildman–Crippen LogP) is 2.80. The molecule has 0 heterocycles. The maximum atomic E-state index is 12.3. The van der Waals surface area contributed by atoms with Crippen LogP contribution in [0.15, 0.2) is 42.5 Å². The first-order valence-electron chi connectivity index (χ1n) is 8.35. The first kappa shape index (κ1) is 22.5. The van der Waals surface area contributed by atoms with Gasteiger partial charge in [-0.05, 0) is 36.2 Å². The number of hydrogen-bond acceptors (Lipinski definition) is 6. The van der Waals surface area contributed by atoms with Gasteiger partial charge in [0.1, 0.15) is 5.75 Å². The molecule has 0 aliphatic carbocycles. The molecule has 9 nitrogen and oxygen atoms in total. The van der Waals surface area contributed by atoms with Crippen molar-refractivity contribution in [3.8, 4) is 11.5 Å². The second kappa shape index (κ2) is 9.58. The van der Waals surface area contributed by atoms with Gasteiger partial charge < -0.3 is 20.1 Å². The number of nitro benzene ring substituents is 1. The first-order chi connectivity index (χ1) is 14.1. The number of hydrogen-bond donors (Lipinski definition) is 2. The summed E-state index contributed by atoms with van der Waals surface area (Å²) in [5.74, 6) is -2.53. The Kier molecular flexibility index (Phi) is 7.17. The van der Waals surface area contributed by atoms with Crippen LogP contribution in [-0.2, 0) is 16.0 Å². The lowest BCUT2D eigenvalue weighted by Gasteiger charge is -2.11. The van der Waals surface area contributed by atoms with E-state index < -0.39 is 34.5 Å². The fourth-order valence-corrected chi connectivity index (χ4v) is 2.33. The number of methoxy groups -OCH3 is 1. The van der Waals surface area contributed by atoms with Gasteiger partial charge in [0.15, 0.2) is 0 Å². The SMILES string of the molecule is COc1ccc(CCNC(=O)C(=O)Nc2ccc(OC(F)(F)F)c([N+](=O)[O-])c2)cc1. The number of carbonyl (C=O) groups excluding carboxylic acids is 2. The molecule has 0 radical (unpaired) electrons. The minimum atomic E-state index is -5.13. The average Bonchev–Trinajstić information content (AvgIpc) is 2.68. The van der Waals surface area contributed by atoms with E-state index >= 15 is 0 Å². The van der Waals surface area contributed by atoms with Gasteiger partial charge in [-0.25, -0.2) is 0 Å². The fourth-order valence-electron chi connectivity index (χ4n) is 2.33. The minimum Gasteiger partial charge on any atom is -0.497 e. The van der Waals surface area contributed by atoms with Crippen LogP contribution < -0.4 is 20.1 Å². The second-order valence-electron chi connectivity index (χ2n) is 5.80. The summed E-state index contributed by atoms with van der Waals surface area (Å²) >= 11 is 0. The summed E-state index contributed by atoms with van der Waals surface area (Å²) in [4.78, 5) is 33.6. The van der Waals surface area contributed by atoms with Crippen LogP contribution in [0.1, 0.15) is 5.56 Å². The fraction of sp³-hybridized carbons (Fsp3) is 0.222. The van der Waals surface area contributed by atoms with E-state index in [1.807, 2.05) is 0 Å². The highest BCUT2D eigenvalue weighted by Gasteiger charge is 2.34. The van der Waals surface area contributed by atoms with E-state index in [4.69, 9.17) is 4.74 Å². The quantitative estimate of drug-likeness (QED) is 0.398. The third-order valence-electron chi connectivity index (χ3n) is 3.70. The van der Waals surface area contributed by atoms with E-state index in [1.54, 1.807) is 24.3 Å². The van der Waals surface area contributed by atoms with Crippen LogP contribution in [0.2, 0.25) is 0 Å². The molecule has 0 bridgehead atoms. The van der Waals surface area contributed by atoms with E-state index in [2.05, 4.69) is 15.4 Å². The van der Waals surface area contributed by atoms with Crippen LogP contribution in [0.5, 0.6) is 11.5 Å². The summed E-state index contributed by atoms with van der Waals surface area (Å²) in [6.45, 7) is 0.136. The highest BCUT2D eigenvalue weighted by atomic mass is 19.4. The van der Waals surface area contributed by atoms with Gasteiger partial charge in [0.25, 0.3) is 0 Å². The molecule has 0 unspecified atom stereocenters. The number of nitrogens with one attached hydrogen (secondary N) is 2. The van der Waals surface area contributed by atoms with E-state index in [9.17, 15) is 32.9 Å². The number of halogens is 3. The Bertz CT molecular complexity index is 932. The third-order valence-corrected chi connectivity index (χ3v) is 3.70. The summed E-state index contributed by atoms with van der Waals surface area (Å²) in [5, 5.41) is 15.4. The number of rotatable bonds is 7. The summed E-state index contributed by atoms with van der Waals surface area (Å²) < 4.78 is 45.5. The number of amides is 2. The average molecular weight is 427 g/mol. The molecule has 0 aliphatic heterocycles. The number of ether oxygens (including phenoxy) is 2. The molecule has 2 aromatic carbocycles. The molecular weight excluding hydrogens is 411 g/mol. The van der Waals surface area contributed by atoms with E-state index in [0.29, 0.717) is 24.3 Å². The standard InChI is InChI=1S/C18H16F3N3O6/c1-29-13-5-2-11(3-6-13)8-9-22-16(25)17(26)23-12-4-7-15(30-18(19,20)21)14(10-12)24(27)28/h2-7,10H,8-9H2,1H3,(H,22,25)(H,23,26). The number of carbonyl (C=O) groups is 2. The molecule has 2 amide bonds. The zero-order chi connectivity index (χ0) is 22.3. The number of nitrogens with zero attached hydrogens (tertiary/aromatic N) is 1. The van der Waals surface area contributed by atoms with Gasteiger partial charge in [0.05, 0.1) is 12.0 Å². The maximum Gasteiger partial charge on any atom is 0.573 e. The van der Waals surface area contributed by atoms with E-state index in [0.717, 1.165) is 11.6 Å². The smallest absolute Gasteiger partial charge is 0.497 e. The van der Waals surface area contributed by atoms with Crippen LogP contribution >= 0.6 is 0 Å². The Morgan fingerprint density at radius 2 is 1.77 bits per heavy atom. The Balaban J connectivity index is 1.94. The lowest BCUT2D eigenvalue weighted by Crippen LogP contribution is -2.36. The molecule has 0 fully saturated rings. The normalized spacial score (nSPS) is 10.8. The molecular formula is C18H16F3N3O6. The minimum absolute atomic E-state index is 0.136. The summed E-state index contributed by atoms with van der Waals surface area (Å²) in [6.07, 6.45) is -4.70. The Labute approximate surface area is 167 Å². The third kappa shape index (κ3) is 6.65. The lowest BCUT2D eigenvalue weighted by molar-refractivity contribution is -0.388. The molecule has 0 saturated carbocycles. The Hall–Kier alpha value is -3.83. The highest BCUT2D eigenvalue weighted by Crippen LogP contribution is 2.34. The molecule has 2 N–H and O–H groups in total. The van der Waals surface area contributed by atoms with Gasteiger partial charge in [-0.3, -0.25) is 19.7 Å². The largest absolute Gasteiger partial charge is 0.573 e. The molecule has 160 valence electrons. The Morgan fingerprint density at radius 1 is 1.10 bits per heavy atom. The van der Waals surface area contributed by atoms with Crippen molar-refractivity contribution < 1.29 is 37.2 Å². The number of alkyl halides is 3. The van der Waals surface area contributed by atoms with Crippen LogP contribution in [0, 0.1) is 10.1 Å². The lowest BCUT2D eigenvalue weighted by atomic mass is 10.1. The molecule has 0 aromatic heterocycles. The molecule has 2 rings (SSSR count). The molecule has 0 atom stereocenters. The zero-order valence-electron chi connectivity index (χ0n) is 15.5. The molecule has 12 heteroatoms. The monoisotopic (exact) mass is 427 g/mol. The van der Waals surface area contributed by atoms with E-state index in [-0.39, 0.29) is 12.2 Å². The molecule has 0 spiro atoms. The summed E-state index contributed by atoms with van der Waals surface area (Å²) in [7, 11) is 1.53. The predicted molar refractivity (Wildman–Crippen MR) is 98.1 cm³/mol. The Morgan fingerprint density at radius 3 is 2.33 bits per heavy atom. The summed E-state index contributed by atoms with van der Waals surface area (Å²) in [5.41, 5.74) is -0.385. The molecule has 0 saturated heterocycles. The van der Waals surface area contributed by atoms with Crippen molar-refractivity contribution in [2.24, 2.45) is 0 Å². The van der Waals surface area contributed by atoms with Crippen LogP contribution in [0.4, 0.5) is 24.5 Å². The van der Waals surface area contributed by atoms with Crippen LogP contribution in [0.3, 0.4) is 0 Å². The van der Waals surface area contributed by atoms with Crippen molar-refractivity contribution in [2.75, 3.05) is 19.0 Å². The van der Waals surface area contributed by atoms with Crippen molar-refractivity contribution >= 4 is 23.2 Å². The number of benzene rings is 2. The zero-order valence-corrected chi connectivity index (χ0v) is 15.5. The van der Waals surface area contributed by atoms with Gasteiger partial charge in [-0.2, -0.15) is 0 Å². The van der Waals surface area contributed by atoms with Gasteiger partial charge >= 0.3 is 23.9 Å².